The van der Waals surface area contributed by atoms with Crippen molar-refractivity contribution in [3.63, 3.8) is 0 Å². The van der Waals surface area contributed by atoms with Gasteiger partial charge in [0, 0.05) is 31.8 Å². The molecule has 0 aromatic carbocycles. The van der Waals surface area contributed by atoms with E-state index < -0.39 is 0 Å². The Balaban J connectivity index is 1.78. The molecule has 0 amide bonds. The van der Waals surface area contributed by atoms with E-state index >= 15 is 0 Å². The Morgan fingerprint density at radius 2 is 2.15 bits per heavy atom. The van der Waals surface area contributed by atoms with Gasteiger partial charge in [0.25, 0.3) is 0 Å². The van der Waals surface area contributed by atoms with Crippen LogP contribution in [0.25, 0.3) is 0 Å². The number of hydrogen-bond donors (Lipinski definition) is 0. The lowest BCUT2D eigenvalue weighted by Crippen LogP contribution is -2.37. The van der Waals surface area contributed by atoms with Gasteiger partial charge in [-0.05, 0) is 44.1 Å². The highest BCUT2D eigenvalue weighted by Crippen LogP contribution is 2.39. The Labute approximate surface area is 121 Å². The van der Waals surface area contributed by atoms with Gasteiger partial charge in [0.1, 0.15) is 11.6 Å². The first-order chi connectivity index (χ1) is 9.78. The summed E-state index contributed by atoms with van der Waals surface area (Å²) in [4.78, 5) is 11.7. The molecule has 0 aliphatic heterocycles. The molecule has 2 saturated carbocycles. The zero-order valence-electron chi connectivity index (χ0n) is 12.6. The Morgan fingerprint density at radius 1 is 1.30 bits per heavy atom. The summed E-state index contributed by atoms with van der Waals surface area (Å²) < 4.78 is 5.29. The summed E-state index contributed by atoms with van der Waals surface area (Å²) in [5.41, 5.74) is 0. The first-order valence-corrected chi connectivity index (χ1v) is 7.86. The normalized spacial score (nSPS) is 25.9. The topological polar surface area (TPSA) is 38.2 Å². The van der Waals surface area contributed by atoms with Crippen LogP contribution in [0, 0.1) is 5.92 Å². The molecule has 4 nitrogen and oxygen atoms in total. The van der Waals surface area contributed by atoms with Crippen molar-refractivity contribution in [2.24, 2.45) is 5.92 Å². The van der Waals surface area contributed by atoms with Crippen molar-refractivity contribution in [2.75, 3.05) is 25.2 Å². The molecule has 2 atom stereocenters. The van der Waals surface area contributed by atoms with E-state index in [1.807, 2.05) is 6.20 Å². The zero-order chi connectivity index (χ0) is 13.9. The van der Waals surface area contributed by atoms with Crippen LogP contribution in [-0.4, -0.2) is 36.3 Å². The highest BCUT2D eigenvalue weighted by atomic mass is 16.5. The van der Waals surface area contributed by atoms with Crippen LogP contribution in [0.2, 0.25) is 0 Å². The van der Waals surface area contributed by atoms with E-state index in [-0.39, 0.29) is 0 Å². The van der Waals surface area contributed by atoms with E-state index in [4.69, 9.17) is 9.72 Å². The van der Waals surface area contributed by atoms with Gasteiger partial charge in [-0.1, -0.05) is 6.92 Å². The van der Waals surface area contributed by atoms with E-state index in [0.717, 1.165) is 30.7 Å². The van der Waals surface area contributed by atoms with E-state index in [1.165, 1.54) is 32.1 Å². The summed E-state index contributed by atoms with van der Waals surface area (Å²) in [5, 5.41) is 0. The van der Waals surface area contributed by atoms with Crippen LogP contribution in [-0.2, 0) is 4.74 Å². The van der Waals surface area contributed by atoms with E-state index in [9.17, 15) is 0 Å². The molecule has 0 saturated heterocycles. The summed E-state index contributed by atoms with van der Waals surface area (Å²) in [6, 6.07) is 2.67. The van der Waals surface area contributed by atoms with Gasteiger partial charge in [-0.2, -0.15) is 0 Å². The maximum Gasteiger partial charge on any atom is 0.133 e. The number of methoxy groups -OCH3 is 1. The van der Waals surface area contributed by atoms with Crippen molar-refractivity contribution in [1.82, 2.24) is 9.97 Å². The molecular weight excluding hydrogens is 250 g/mol. The smallest absolute Gasteiger partial charge is 0.133 e. The molecule has 20 heavy (non-hydrogen) atoms. The molecule has 110 valence electrons. The number of aromatic nitrogens is 2. The summed E-state index contributed by atoms with van der Waals surface area (Å²) in [6.45, 7) is 4.03. The van der Waals surface area contributed by atoms with Gasteiger partial charge >= 0.3 is 0 Å². The van der Waals surface area contributed by atoms with Crippen LogP contribution in [0.5, 0.6) is 0 Å². The summed E-state index contributed by atoms with van der Waals surface area (Å²) in [7, 11) is 1.77. The van der Waals surface area contributed by atoms with E-state index in [1.54, 1.807) is 7.11 Å². The SMILES string of the molecule is COCCN(c1ccnc(C2CC2)n1)C1CCC(C)C1. The number of ether oxygens (including phenoxy) is 1. The molecule has 2 fully saturated rings. The van der Waals surface area contributed by atoms with Gasteiger partial charge < -0.3 is 9.64 Å². The Bertz CT molecular complexity index is 447. The summed E-state index contributed by atoms with van der Waals surface area (Å²) >= 11 is 0. The molecule has 1 aromatic heterocycles. The highest BCUT2D eigenvalue weighted by Gasteiger charge is 2.30. The summed E-state index contributed by atoms with van der Waals surface area (Å²) in [5.74, 6) is 3.57. The number of nitrogens with zero attached hydrogens (tertiary/aromatic N) is 3. The number of anilines is 1. The molecule has 0 spiro atoms. The molecule has 1 heterocycles. The van der Waals surface area contributed by atoms with Crippen LogP contribution in [0.3, 0.4) is 0 Å². The maximum atomic E-state index is 5.29. The van der Waals surface area contributed by atoms with Gasteiger partial charge in [0.15, 0.2) is 0 Å². The predicted octanol–water partition coefficient (Wildman–Crippen LogP) is 3.00. The fourth-order valence-electron chi connectivity index (χ4n) is 3.20. The lowest BCUT2D eigenvalue weighted by atomic mass is 10.1. The Kier molecular flexibility index (Phi) is 4.20. The molecule has 2 aliphatic carbocycles. The predicted molar refractivity (Wildman–Crippen MR) is 80.0 cm³/mol. The maximum absolute atomic E-state index is 5.29. The van der Waals surface area contributed by atoms with Crippen molar-refractivity contribution in [3.05, 3.63) is 18.1 Å². The molecule has 3 rings (SSSR count). The number of hydrogen-bond acceptors (Lipinski definition) is 4. The standard InChI is InChI=1S/C16H25N3O/c1-12-3-6-14(11-12)19(9-10-20-2)15-7-8-17-16(18-15)13-4-5-13/h7-8,12-14H,3-6,9-11H2,1-2H3. The minimum Gasteiger partial charge on any atom is -0.383 e. The molecule has 0 radical (unpaired) electrons. The average molecular weight is 275 g/mol. The van der Waals surface area contributed by atoms with Crippen LogP contribution in [0.15, 0.2) is 12.3 Å². The lowest BCUT2D eigenvalue weighted by Gasteiger charge is -2.30. The van der Waals surface area contributed by atoms with Crippen molar-refractivity contribution in [2.45, 2.75) is 51.0 Å². The monoisotopic (exact) mass is 275 g/mol. The third kappa shape index (κ3) is 3.11. The van der Waals surface area contributed by atoms with E-state index in [2.05, 4.69) is 22.9 Å². The van der Waals surface area contributed by atoms with Gasteiger partial charge in [-0.25, -0.2) is 9.97 Å². The Morgan fingerprint density at radius 3 is 2.80 bits per heavy atom. The first-order valence-electron chi connectivity index (χ1n) is 7.86. The third-order valence-corrected chi connectivity index (χ3v) is 4.54. The van der Waals surface area contributed by atoms with Gasteiger partial charge in [-0.15, -0.1) is 0 Å². The molecular formula is C16H25N3O. The summed E-state index contributed by atoms with van der Waals surface area (Å²) in [6.07, 6.45) is 8.30. The molecule has 0 N–H and O–H groups in total. The fraction of sp³-hybridized carbons (Fsp3) is 0.750. The first kappa shape index (κ1) is 13.8. The third-order valence-electron chi connectivity index (χ3n) is 4.54. The molecule has 1 aromatic rings. The van der Waals surface area contributed by atoms with Gasteiger partial charge in [0.2, 0.25) is 0 Å². The van der Waals surface area contributed by atoms with Gasteiger partial charge in [-0.3, -0.25) is 0 Å². The Hall–Kier alpha value is -1.16. The molecule has 0 bridgehead atoms. The number of rotatable bonds is 6. The molecule has 4 heteroatoms. The quantitative estimate of drug-likeness (QED) is 0.800. The average Bonchev–Trinajstić information content (AvgIpc) is 3.23. The minimum atomic E-state index is 0.613. The van der Waals surface area contributed by atoms with Crippen molar-refractivity contribution < 1.29 is 4.74 Å². The fourth-order valence-corrected chi connectivity index (χ4v) is 3.20. The molecule has 2 aliphatic rings. The van der Waals surface area contributed by atoms with Crippen LogP contribution >= 0.6 is 0 Å². The lowest BCUT2D eigenvalue weighted by molar-refractivity contribution is 0.202. The second-order valence-corrected chi connectivity index (χ2v) is 6.31. The highest BCUT2D eigenvalue weighted by molar-refractivity contribution is 5.40. The van der Waals surface area contributed by atoms with Crippen molar-refractivity contribution >= 4 is 5.82 Å². The van der Waals surface area contributed by atoms with Crippen molar-refractivity contribution in [3.8, 4) is 0 Å². The van der Waals surface area contributed by atoms with E-state index in [0.29, 0.717) is 12.0 Å². The second kappa shape index (κ2) is 6.08. The van der Waals surface area contributed by atoms with Crippen LogP contribution < -0.4 is 4.90 Å². The van der Waals surface area contributed by atoms with Crippen LogP contribution in [0.1, 0.15) is 50.8 Å². The largest absolute Gasteiger partial charge is 0.383 e. The molecule has 2 unspecified atom stereocenters. The second-order valence-electron chi connectivity index (χ2n) is 6.31. The van der Waals surface area contributed by atoms with Crippen molar-refractivity contribution in [1.29, 1.82) is 0 Å². The minimum absolute atomic E-state index is 0.613. The zero-order valence-corrected chi connectivity index (χ0v) is 12.6. The van der Waals surface area contributed by atoms with Crippen LogP contribution in [0.4, 0.5) is 5.82 Å². The van der Waals surface area contributed by atoms with Gasteiger partial charge in [0.05, 0.1) is 6.61 Å².